The molecule has 9 aromatic rings. The van der Waals surface area contributed by atoms with E-state index in [0.717, 1.165) is 83.1 Å². The van der Waals surface area contributed by atoms with Crippen LogP contribution in [0, 0.1) is 0 Å². The third-order valence-electron chi connectivity index (χ3n) is 8.02. The molecule has 4 nitrogen and oxygen atoms in total. The summed E-state index contributed by atoms with van der Waals surface area (Å²) in [5, 5.41) is 4.38. The molecule has 0 aliphatic heterocycles. The van der Waals surface area contributed by atoms with Gasteiger partial charge in [-0.2, -0.15) is 0 Å². The molecule has 3 aromatic heterocycles. The molecular weight excluding hydrogens is 504 g/mol. The maximum atomic E-state index is 6.50. The summed E-state index contributed by atoms with van der Waals surface area (Å²) in [4.78, 5) is 5.05. The maximum Gasteiger partial charge on any atom is 0.147 e. The number of hydrogen-bond acceptors (Lipinski definition) is 3. The molecule has 0 saturated carbocycles. The first kappa shape index (κ1) is 22.2. The number of para-hydroxylation sites is 5. The lowest BCUT2D eigenvalue weighted by Crippen LogP contribution is -1.97. The number of nitrogens with zero attached hydrogens (tertiary/aromatic N) is 2. The summed E-state index contributed by atoms with van der Waals surface area (Å²) in [5.41, 5.74) is 9.56. The van der Waals surface area contributed by atoms with Crippen molar-refractivity contribution in [2.24, 2.45) is 0 Å². The molecule has 0 aliphatic rings. The molecule has 0 unspecified atom stereocenters. The monoisotopic (exact) mass is 526 g/mol. The lowest BCUT2D eigenvalue weighted by atomic mass is 9.97. The van der Waals surface area contributed by atoms with Crippen LogP contribution in [0.4, 0.5) is 0 Å². The fourth-order valence-electron chi connectivity index (χ4n) is 6.14. The minimum absolute atomic E-state index is 0.835. The molecule has 9 rings (SSSR count). The summed E-state index contributed by atoms with van der Waals surface area (Å²) in [6, 6.07) is 45.9. The summed E-state index contributed by atoms with van der Waals surface area (Å²) in [6.07, 6.45) is 0. The maximum absolute atomic E-state index is 6.50. The van der Waals surface area contributed by atoms with Crippen molar-refractivity contribution in [1.29, 1.82) is 0 Å². The first-order valence-corrected chi connectivity index (χ1v) is 13.7. The normalized spacial score (nSPS) is 11.9. The minimum Gasteiger partial charge on any atom is -0.455 e. The van der Waals surface area contributed by atoms with E-state index in [1.165, 1.54) is 0 Å². The van der Waals surface area contributed by atoms with Gasteiger partial charge in [0.05, 0.1) is 16.6 Å². The van der Waals surface area contributed by atoms with Crippen molar-refractivity contribution in [1.82, 2.24) is 9.55 Å². The van der Waals surface area contributed by atoms with Gasteiger partial charge in [0.2, 0.25) is 0 Å². The van der Waals surface area contributed by atoms with E-state index in [4.69, 9.17) is 13.8 Å². The number of furan rings is 2. The molecule has 0 amide bonds. The average Bonchev–Trinajstić information content (AvgIpc) is 3.72. The topological polar surface area (TPSA) is 44.1 Å². The van der Waals surface area contributed by atoms with Crippen molar-refractivity contribution in [3.05, 3.63) is 133 Å². The Hall–Kier alpha value is -5.61. The van der Waals surface area contributed by atoms with Gasteiger partial charge in [-0.3, -0.25) is 4.57 Å². The number of hydrogen-bond donors (Lipinski definition) is 0. The smallest absolute Gasteiger partial charge is 0.147 e. The van der Waals surface area contributed by atoms with E-state index in [2.05, 4.69) is 102 Å². The molecule has 0 bridgehead atoms. The van der Waals surface area contributed by atoms with Crippen LogP contribution in [0.2, 0.25) is 0 Å². The number of rotatable bonds is 3. The molecule has 0 N–H and O–H groups in total. The van der Waals surface area contributed by atoms with E-state index in [9.17, 15) is 0 Å². The lowest BCUT2D eigenvalue weighted by molar-refractivity contribution is 0.658. The van der Waals surface area contributed by atoms with Gasteiger partial charge in [-0.05, 0) is 48.0 Å². The van der Waals surface area contributed by atoms with Crippen LogP contribution in [-0.4, -0.2) is 9.55 Å². The van der Waals surface area contributed by atoms with Crippen LogP contribution >= 0.6 is 0 Å². The number of imidazole rings is 1. The summed E-state index contributed by atoms with van der Waals surface area (Å²) in [6.45, 7) is 0. The molecule has 0 saturated heterocycles. The van der Waals surface area contributed by atoms with Crippen LogP contribution in [-0.2, 0) is 0 Å². The zero-order chi connectivity index (χ0) is 26.9. The highest BCUT2D eigenvalue weighted by atomic mass is 16.3. The Labute approximate surface area is 234 Å². The van der Waals surface area contributed by atoms with E-state index in [-0.39, 0.29) is 0 Å². The molecule has 0 atom stereocenters. The summed E-state index contributed by atoms with van der Waals surface area (Å²) < 4.78 is 15.2. The Morgan fingerprint density at radius 1 is 0.488 bits per heavy atom. The Kier molecular flexibility index (Phi) is 4.58. The van der Waals surface area contributed by atoms with Crippen molar-refractivity contribution in [3.8, 4) is 28.2 Å². The first-order valence-electron chi connectivity index (χ1n) is 13.7. The Morgan fingerprint density at radius 2 is 1.05 bits per heavy atom. The van der Waals surface area contributed by atoms with E-state index in [1.54, 1.807) is 0 Å². The van der Waals surface area contributed by atoms with Crippen LogP contribution < -0.4 is 0 Å². The molecular formula is C37H22N2O2. The largest absolute Gasteiger partial charge is 0.455 e. The highest BCUT2D eigenvalue weighted by Gasteiger charge is 2.21. The highest BCUT2D eigenvalue weighted by Crippen LogP contribution is 2.44. The van der Waals surface area contributed by atoms with Crippen LogP contribution in [0.15, 0.2) is 142 Å². The fourth-order valence-corrected chi connectivity index (χ4v) is 6.14. The van der Waals surface area contributed by atoms with Gasteiger partial charge >= 0.3 is 0 Å². The standard InChI is InChI=1S/C37H22N2O2/c1-2-10-25(11-3-1)39-31-15-7-6-14-30(31)38-37(39)24-20-18-23(19-21-24)34-35-28(26-12-4-8-16-32(26)40-35)22-29-27-13-5-9-17-33(27)41-36(29)34/h1-22H. The molecule has 3 heterocycles. The quantitative estimate of drug-likeness (QED) is 0.230. The lowest BCUT2D eigenvalue weighted by Gasteiger charge is -2.10. The van der Waals surface area contributed by atoms with Gasteiger partial charge in [0.15, 0.2) is 0 Å². The van der Waals surface area contributed by atoms with E-state index >= 15 is 0 Å². The molecule has 192 valence electrons. The second-order valence-electron chi connectivity index (χ2n) is 10.4. The van der Waals surface area contributed by atoms with Crippen LogP contribution in [0.1, 0.15) is 0 Å². The predicted octanol–water partition coefficient (Wildman–Crippen LogP) is 10.2. The summed E-state index contributed by atoms with van der Waals surface area (Å²) in [7, 11) is 0. The van der Waals surface area contributed by atoms with E-state index < -0.39 is 0 Å². The van der Waals surface area contributed by atoms with Gasteiger partial charge in [0.1, 0.15) is 28.2 Å². The summed E-state index contributed by atoms with van der Waals surface area (Å²) in [5.74, 6) is 0.903. The predicted molar refractivity (Wildman–Crippen MR) is 166 cm³/mol. The van der Waals surface area contributed by atoms with E-state index in [0.29, 0.717) is 0 Å². The Morgan fingerprint density at radius 3 is 1.73 bits per heavy atom. The average molecular weight is 527 g/mol. The van der Waals surface area contributed by atoms with Gasteiger partial charge in [-0.1, -0.05) is 91.0 Å². The number of benzene rings is 6. The second kappa shape index (κ2) is 8.44. The third-order valence-corrected chi connectivity index (χ3v) is 8.02. The van der Waals surface area contributed by atoms with Crippen LogP contribution in [0.3, 0.4) is 0 Å². The van der Waals surface area contributed by atoms with E-state index in [1.807, 2.05) is 36.4 Å². The molecule has 0 radical (unpaired) electrons. The number of aromatic nitrogens is 2. The molecule has 6 aromatic carbocycles. The fraction of sp³-hybridized carbons (Fsp3) is 0. The van der Waals surface area contributed by atoms with Crippen LogP contribution in [0.5, 0.6) is 0 Å². The zero-order valence-corrected chi connectivity index (χ0v) is 21.9. The van der Waals surface area contributed by atoms with Crippen molar-refractivity contribution in [2.45, 2.75) is 0 Å². The Bertz CT molecular complexity index is 2320. The highest BCUT2D eigenvalue weighted by molar-refractivity contribution is 6.21. The molecule has 0 fully saturated rings. The van der Waals surface area contributed by atoms with Crippen molar-refractivity contribution in [2.75, 3.05) is 0 Å². The Balaban J connectivity index is 1.29. The van der Waals surface area contributed by atoms with Gasteiger partial charge in [-0.25, -0.2) is 4.98 Å². The third kappa shape index (κ3) is 3.25. The molecule has 41 heavy (non-hydrogen) atoms. The van der Waals surface area contributed by atoms with Crippen LogP contribution in [0.25, 0.3) is 83.1 Å². The van der Waals surface area contributed by atoms with Crippen molar-refractivity contribution < 1.29 is 8.83 Å². The van der Waals surface area contributed by atoms with Gasteiger partial charge in [0, 0.05) is 32.8 Å². The first-order chi connectivity index (χ1) is 20.3. The minimum atomic E-state index is 0.835. The van der Waals surface area contributed by atoms with Crippen molar-refractivity contribution >= 4 is 54.9 Å². The SMILES string of the molecule is c1ccc(-n2c(-c3ccc(-c4c5oc6ccccc6c5cc5c4oc4ccccc45)cc3)nc3ccccc32)cc1. The van der Waals surface area contributed by atoms with Crippen molar-refractivity contribution in [3.63, 3.8) is 0 Å². The molecule has 0 aliphatic carbocycles. The molecule has 0 spiro atoms. The van der Waals surface area contributed by atoms with Gasteiger partial charge < -0.3 is 8.83 Å². The van der Waals surface area contributed by atoms with Gasteiger partial charge in [0.25, 0.3) is 0 Å². The number of fused-ring (bicyclic) bond motifs is 7. The zero-order valence-electron chi connectivity index (χ0n) is 21.9. The molecule has 4 heteroatoms. The summed E-state index contributed by atoms with van der Waals surface area (Å²) >= 11 is 0. The van der Waals surface area contributed by atoms with Gasteiger partial charge in [-0.15, -0.1) is 0 Å². The second-order valence-corrected chi connectivity index (χ2v) is 10.4.